The topological polar surface area (TPSA) is 50.7 Å². The van der Waals surface area contributed by atoms with Gasteiger partial charge in [-0.3, -0.25) is 4.79 Å². The van der Waals surface area contributed by atoms with Gasteiger partial charge in [0.05, 0.1) is 5.56 Å². The molecular weight excluding hydrogens is 500 g/mol. The first-order chi connectivity index (χ1) is 19.0. The number of nitrogens with zero attached hydrogens (tertiary/aromatic N) is 1. The van der Waals surface area contributed by atoms with E-state index in [0.29, 0.717) is 6.61 Å². The molecule has 0 fully saturated rings. The van der Waals surface area contributed by atoms with Crippen molar-refractivity contribution in [1.29, 1.82) is 0 Å². The third-order valence-corrected chi connectivity index (χ3v) is 8.42. The average Bonchev–Trinajstić information content (AvgIpc) is 3.25. The predicted octanol–water partition coefficient (Wildman–Crippen LogP) is 8.91. The summed E-state index contributed by atoms with van der Waals surface area (Å²) in [6.45, 7) is 6.70. The fourth-order valence-electron chi connectivity index (χ4n) is 5.04. The summed E-state index contributed by atoms with van der Waals surface area (Å²) >= 11 is 1.68. The fraction of sp³-hybridized carbons (Fsp3) is 0.294. The molecule has 0 aliphatic heterocycles. The number of anilines is 1. The van der Waals surface area contributed by atoms with E-state index in [4.69, 9.17) is 9.73 Å². The molecule has 0 bridgehead atoms. The van der Waals surface area contributed by atoms with E-state index in [-0.39, 0.29) is 5.91 Å². The van der Waals surface area contributed by atoms with Crippen LogP contribution in [0.15, 0.2) is 71.7 Å². The summed E-state index contributed by atoms with van der Waals surface area (Å²) in [5.41, 5.74) is 8.33. The number of amides is 1. The van der Waals surface area contributed by atoms with Crippen molar-refractivity contribution in [2.24, 2.45) is 4.99 Å². The third-order valence-electron chi connectivity index (χ3n) is 7.22. The van der Waals surface area contributed by atoms with Crippen LogP contribution in [0.4, 0.5) is 10.7 Å². The standard InChI is InChI=1S/C34H36N2O2S/c1-23-9-8-10-27(19-23)22-38-28-17-15-26(16-18-28)21-35-34-32(29-11-6-4-5-7-12-31(29)39-34)33(37)36-30-20-24(2)13-14-25(30)3/h8-10,13-21H,4-7,11-12,22H2,1-3H3,(H,36,37). The number of fused-ring (bicyclic) bond motifs is 1. The number of thiophene rings is 1. The van der Waals surface area contributed by atoms with E-state index < -0.39 is 0 Å². The minimum atomic E-state index is -0.0613. The normalized spacial score (nSPS) is 13.5. The van der Waals surface area contributed by atoms with Crippen molar-refractivity contribution in [3.63, 3.8) is 0 Å². The van der Waals surface area contributed by atoms with E-state index in [1.54, 1.807) is 11.3 Å². The zero-order valence-corrected chi connectivity index (χ0v) is 23.9. The van der Waals surface area contributed by atoms with Crippen molar-refractivity contribution in [3.8, 4) is 5.75 Å². The smallest absolute Gasteiger partial charge is 0.259 e. The first-order valence-corrected chi connectivity index (χ1v) is 14.6. The van der Waals surface area contributed by atoms with E-state index in [1.807, 2.05) is 50.4 Å². The van der Waals surface area contributed by atoms with Gasteiger partial charge in [0.25, 0.3) is 5.91 Å². The molecule has 0 saturated heterocycles. The van der Waals surface area contributed by atoms with Crippen LogP contribution in [-0.2, 0) is 19.4 Å². The highest BCUT2D eigenvalue weighted by atomic mass is 32.1. The lowest BCUT2D eigenvalue weighted by atomic mass is 9.96. The van der Waals surface area contributed by atoms with Gasteiger partial charge in [0.2, 0.25) is 0 Å². The number of benzene rings is 3. The molecule has 1 aliphatic carbocycles. The minimum Gasteiger partial charge on any atom is -0.489 e. The Morgan fingerprint density at radius 3 is 2.49 bits per heavy atom. The Labute approximate surface area is 235 Å². The van der Waals surface area contributed by atoms with Crippen molar-refractivity contribution in [2.45, 2.75) is 65.9 Å². The monoisotopic (exact) mass is 536 g/mol. The summed E-state index contributed by atoms with van der Waals surface area (Å²) < 4.78 is 5.97. The average molecular weight is 537 g/mol. The molecule has 0 spiro atoms. The summed E-state index contributed by atoms with van der Waals surface area (Å²) in [5.74, 6) is 0.759. The van der Waals surface area contributed by atoms with Gasteiger partial charge in [-0.25, -0.2) is 4.99 Å². The largest absolute Gasteiger partial charge is 0.489 e. The Hall–Kier alpha value is -3.70. The maximum absolute atomic E-state index is 13.7. The number of carbonyl (C=O) groups is 1. The van der Waals surface area contributed by atoms with Gasteiger partial charge in [0.15, 0.2) is 0 Å². The van der Waals surface area contributed by atoms with Crippen LogP contribution in [0.5, 0.6) is 5.75 Å². The van der Waals surface area contributed by atoms with Crippen LogP contribution >= 0.6 is 11.3 Å². The lowest BCUT2D eigenvalue weighted by Crippen LogP contribution is -2.15. The quantitative estimate of drug-likeness (QED) is 0.240. The maximum atomic E-state index is 13.7. The Balaban J connectivity index is 1.37. The van der Waals surface area contributed by atoms with Crippen LogP contribution in [0.2, 0.25) is 0 Å². The molecule has 1 aromatic heterocycles. The SMILES string of the molecule is Cc1cccc(COc2ccc(C=Nc3sc4c(c3C(=O)Nc3cc(C)ccc3C)CCCCCC4)cc2)c1. The predicted molar refractivity (Wildman–Crippen MR) is 163 cm³/mol. The number of hydrogen-bond acceptors (Lipinski definition) is 4. The van der Waals surface area contributed by atoms with E-state index >= 15 is 0 Å². The van der Waals surface area contributed by atoms with Gasteiger partial charge < -0.3 is 10.1 Å². The molecule has 0 saturated carbocycles. The van der Waals surface area contributed by atoms with Gasteiger partial charge in [-0.2, -0.15) is 0 Å². The first kappa shape index (κ1) is 26.9. The second-order valence-corrected chi connectivity index (χ2v) is 11.6. The summed E-state index contributed by atoms with van der Waals surface area (Å²) in [7, 11) is 0. The summed E-state index contributed by atoms with van der Waals surface area (Å²) in [4.78, 5) is 19.9. The molecule has 0 radical (unpaired) electrons. The van der Waals surface area contributed by atoms with Crippen LogP contribution in [0.1, 0.15) is 74.3 Å². The highest BCUT2D eigenvalue weighted by molar-refractivity contribution is 7.16. The number of rotatable bonds is 7. The Bertz CT molecular complexity index is 1480. The molecule has 5 heteroatoms. The van der Waals surface area contributed by atoms with Crippen molar-refractivity contribution >= 4 is 34.1 Å². The lowest BCUT2D eigenvalue weighted by Gasteiger charge is -2.13. The Kier molecular flexibility index (Phi) is 8.58. The fourth-order valence-corrected chi connectivity index (χ4v) is 6.27. The minimum absolute atomic E-state index is 0.0613. The number of carbonyl (C=O) groups excluding carboxylic acids is 1. The zero-order chi connectivity index (χ0) is 27.2. The number of aryl methyl sites for hydroxylation is 4. The van der Waals surface area contributed by atoms with Crippen LogP contribution in [0.3, 0.4) is 0 Å². The van der Waals surface area contributed by atoms with Crippen molar-refractivity contribution in [1.82, 2.24) is 0 Å². The van der Waals surface area contributed by atoms with Crippen molar-refractivity contribution in [3.05, 3.63) is 111 Å². The molecule has 1 aliphatic rings. The number of ether oxygens (including phenoxy) is 1. The first-order valence-electron chi connectivity index (χ1n) is 13.8. The maximum Gasteiger partial charge on any atom is 0.259 e. The van der Waals surface area contributed by atoms with Crippen molar-refractivity contribution in [2.75, 3.05) is 5.32 Å². The number of hydrogen-bond donors (Lipinski definition) is 1. The highest BCUT2D eigenvalue weighted by Gasteiger charge is 2.24. The van der Waals surface area contributed by atoms with Gasteiger partial charge in [-0.15, -0.1) is 11.3 Å². The van der Waals surface area contributed by atoms with Gasteiger partial charge in [0, 0.05) is 16.8 Å². The van der Waals surface area contributed by atoms with E-state index in [1.165, 1.54) is 35.3 Å². The summed E-state index contributed by atoms with van der Waals surface area (Å²) in [6.07, 6.45) is 8.55. The highest BCUT2D eigenvalue weighted by Crippen LogP contribution is 2.39. The van der Waals surface area contributed by atoms with Gasteiger partial charge in [0.1, 0.15) is 17.4 Å². The zero-order valence-electron chi connectivity index (χ0n) is 23.0. The third kappa shape index (κ3) is 6.85. The molecule has 0 unspecified atom stereocenters. The Morgan fingerprint density at radius 2 is 1.69 bits per heavy atom. The van der Waals surface area contributed by atoms with Crippen LogP contribution < -0.4 is 10.1 Å². The lowest BCUT2D eigenvalue weighted by molar-refractivity contribution is 0.102. The van der Waals surface area contributed by atoms with E-state index in [0.717, 1.165) is 63.5 Å². The molecule has 3 aromatic carbocycles. The molecular formula is C34H36N2O2S. The molecule has 4 aromatic rings. The molecule has 1 amide bonds. The van der Waals surface area contributed by atoms with E-state index in [9.17, 15) is 4.79 Å². The van der Waals surface area contributed by atoms with Gasteiger partial charge in [-0.05, 0) is 105 Å². The van der Waals surface area contributed by atoms with Crippen molar-refractivity contribution < 1.29 is 9.53 Å². The van der Waals surface area contributed by atoms with Crippen LogP contribution in [0, 0.1) is 20.8 Å². The van der Waals surface area contributed by atoms with Crippen LogP contribution in [0.25, 0.3) is 0 Å². The number of nitrogens with one attached hydrogen (secondary N) is 1. The van der Waals surface area contributed by atoms with Gasteiger partial charge >= 0.3 is 0 Å². The van der Waals surface area contributed by atoms with Crippen LogP contribution in [-0.4, -0.2) is 12.1 Å². The molecule has 1 N–H and O–H groups in total. The summed E-state index contributed by atoms with van der Waals surface area (Å²) in [5, 5.41) is 3.99. The van der Waals surface area contributed by atoms with E-state index in [2.05, 4.69) is 48.6 Å². The second-order valence-electron chi connectivity index (χ2n) is 10.5. The Morgan fingerprint density at radius 1 is 0.923 bits per heavy atom. The van der Waals surface area contributed by atoms with Gasteiger partial charge in [-0.1, -0.05) is 54.8 Å². The molecule has 1 heterocycles. The molecule has 39 heavy (non-hydrogen) atoms. The number of aliphatic imine (C=N–C) groups is 1. The molecule has 200 valence electrons. The second kappa shape index (κ2) is 12.4. The summed E-state index contributed by atoms with van der Waals surface area (Å²) in [6, 6.07) is 22.5. The molecule has 0 atom stereocenters. The molecule has 5 rings (SSSR count). The molecule has 4 nitrogen and oxygen atoms in total.